The van der Waals surface area contributed by atoms with Crippen molar-refractivity contribution in [3.05, 3.63) is 29.8 Å². The van der Waals surface area contributed by atoms with E-state index in [1.54, 1.807) is 7.11 Å². The molecule has 0 fully saturated rings. The van der Waals surface area contributed by atoms with Crippen LogP contribution in [0.25, 0.3) is 0 Å². The number of nitrogens with one attached hydrogen (secondary N) is 1. The van der Waals surface area contributed by atoms with Crippen LogP contribution in [-0.4, -0.2) is 26.1 Å². The lowest BCUT2D eigenvalue weighted by atomic mass is 9.96. The standard InChI is InChI=1S/C15H24N2O2.ClH/c1-12(11-15(18)17-10-6-5-9-16)13-7-3-4-8-14(13)19-2;/h3-4,7-8,12H,5-6,9-11,16H2,1-2H3,(H,17,18);1H. The number of hydrogen-bond donors (Lipinski definition) is 2. The van der Waals surface area contributed by atoms with E-state index in [0.29, 0.717) is 19.5 Å². The Morgan fingerprint density at radius 2 is 2.05 bits per heavy atom. The van der Waals surface area contributed by atoms with Gasteiger partial charge >= 0.3 is 0 Å². The quantitative estimate of drug-likeness (QED) is 0.725. The van der Waals surface area contributed by atoms with E-state index in [0.717, 1.165) is 24.2 Å². The zero-order chi connectivity index (χ0) is 14.1. The van der Waals surface area contributed by atoms with Crippen molar-refractivity contribution in [2.45, 2.75) is 32.1 Å². The zero-order valence-electron chi connectivity index (χ0n) is 12.2. The van der Waals surface area contributed by atoms with Crippen LogP contribution in [0.4, 0.5) is 0 Å². The fourth-order valence-corrected chi connectivity index (χ4v) is 2.03. The van der Waals surface area contributed by atoms with Crippen LogP contribution in [0.5, 0.6) is 5.75 Å². The highest BCUT2D eigenvalue weighted by Crippen LogP contribution is 2.28. The van der Waals surface area contributed by atoms with Crippen molar-refractivity contribution < 1.29 is 9.53 Å². The molecule has 0 bridgehead atoms. The van der Waals surface area contributed by atoms with Crippen LogP contribution in [-0.2, 0) is 4.79 Å². The molecule has 0 radical (unpaired) electrons. The Balaban J connectivity index is 0.00000361. The number of carbonyl (C=O) groups is 1. The number of hydrogen-bond acceptors (Lipinski definition) is 3. The lowest BCUT2D eigenvalue weighted by molar-refractivity contribution is -0.121. The van der Waals surface area contributed by atoms with Crippen LogP contribution in [0.1, 0.15) is 37.7 Å². The van der Waals surface area contributed by atoms with E-state index in [4.69, 9.17) is 10.5 Å². The average molecular weight is 301 g/mol. The summed E-state index contributed by atoms with van der Waals surface area (Å²) in [7, 11) is 1.65. The molecule has 0 aliphatic carbocycles. The molecule has 1 atom stereocenters. The molecule has 5 heteroatoms. The Labute approximate surface area is 127 Å². The van der Waals surface area contributed by atoms with Crippen LogP contribution < -0.4 is 15.8 Å². The summed E-state index contributed by atoms with van der Waals surface area (Å²) in [6.45, 7) is 3.42. The van der Waals surface area contributed by atoms with Gasteiger partial charge in [-0.3, -0.25) is 4.79 Å². The van der Waals surface area contributed by atoms with Gasteiger partial charge in [-0.05, 0) is 36.9 Å². The minimum Gasteiger partial charge on any atom is -0.496 e. The van der Waals surface area contributed by atoms with E-state index >= 15 is 0 Å². The predicted molar refractivity (Wildman–Crippen MR) is 84.6 cm³/mol. The number of halogens is 1. The van der Waals surface area contributed by atoms with E-state index in [-0.39, 0.29) is 24.2 Å². The molecule has 0 heterocycles. The lowest BCUT2D eigenvalue weighted by Crippen LogP contribution is -2.26. The van der Waals surface area contributed by atoms with Crippen molar-refractivity contribution in [1.29, 1.82) is 0 Å². The molecule has 114 valence electrons. The summed E-state index contributed by atoms with van der Waals surface area (Å²) >= 11 is 0. The van der Waals surface area contributed by atoms with Crippen LogP contribution in [0, 0.1) is 0 Å². The minimum absolute atomic E-state index is 0. The largest absolute Gasteiger partial charge is 0.496 e. The van der Waals surface area contributed by atoms with Gasteiger partial charge in [0.2, 0.25) is 5.91 Å². The molecule has 0 aliphatic rings. The number of para-hydroxylation sites is 1. The molecule has 0 aromatic heterocycles. The number of amides is 1. The monoisotopic (exact) mass is 300 g/mol. The molecule has 0 aliphatic heterocycles. The van der Waals surface area contributed by atoms with E-state index in [9.17, 15) is 4.79 Å². The maximum absolute atomic E-state index is 11.8. The van der Waals surface area contributed by atoms with Gasteiger partial charge in [0.25, 0.3) is 0 Å². The molecule has 0 saturated carbocycles. The van der Waals surface area contributed by atoms with Gasteiger partial charge in [-0.1, -0.05) is 25.1 Å². The van der Waals surface area contributed by atoms with Crippen LogP contribution >= 0.6 is 12.4 Å². The maximum Gasteiger partial charge on any atom is 0.220 e. The third kappa shape index (κ3) is 6.26. The first-order valence-electron chi connectivity index (χ1n) is 6.78. The van der Waals surface area contributed by atoms with Gasteiger partial charge in [0.1, 0.15) is 5.75 Å². The first kappa shape index (κ1) is 18.7. The molecule has 1 unspecified atom stereocenters. The summed E-state index contributed by atoms with van der Waals surface area (Å²) in [4.78, 5) is 11.8. The minimum atomic E-state index is 0. The normalized spacial score (nSPS) is 11.3. The van der Waals surface area contributed by atoms with Gasteiger partial charge in [0.05, 0.1) is 7.11 Å². The first-order chi connectivity index (χ1) is 9.19. The molecule has 0 spiro atoms. The van der Waals surface area contributed by atoms with E-state index in [2.05, 4.69) is 5.32 Å². The number of nitrogens with two attached hydrogens (primary N) is 1. The molecule has 4 nitrogen and oxygen atoms in total. The van der Waals surface area contributed by atoms with Crippen molar-refractivity contribution in [1.82, 2.24) is 5.32 Å². The Kier molecular flexibility index (Phi) is 9.86. The average Bonchev–Trinajstić information content (AvgIpc) is 2.43. The van der Waals surface area contributed by atoms with E-state index < -0.39 is 0 Å². The van der Waals surface area contributed by atoms with Crippen molar-refractivity contribution in [3.8, 4) is 5.75 Å². The van der Waals surface area contributed by atoms with Gasteiger partial charge in [-0.15, -0.1) is 12.4 Å². The number of rotatable bonds is 8. The summed E-state index contributed by atoms with van der Waals surface area (Å²) < 4.78 is 5.32. The number of unbranched alkanes of at least 4 members (excludes halogenated alkanes) is 1. The van der Waals surface area contributed by atoms with Crippen LogP contribution in [0.2, 0.25) is 0 Å². The third-order valence-corrected chi connectivity index (χ3v) is 3.11. The fraction of sp³-hybridized carbons (Fsp3) is 0.533. The maximum atomic E-state index is 11.8. The zero-order valence-corrected chi connectivity index (χ0v) is 13.0. The Hall–Kier alpha value is -1.26. The summed E-state index contributed by atoms with van der Waals surface area (Å²) in [6, 6.07) is 7.83. The number of carbonyl (C=O) groups excluding carboxylic acids is 1. The second kappa shape index (κ2) is 10.5. The Morgan fingerprint density at radius 1 is 1.35 bits per heavy atom. The summed E-state index contributed by atoms with van der Waals surface area (Å²) in [5, 5.41) is 2.92. The van der Waals surface area contributed by atoms with E-state index in [1.165, 1.54) is 0 Å². The Bertz CT molecular complexity index is 399. The molecule has 20 heavy (non-hydrogen) atoms. The highest BCUT2D eigenvalue weighted by atomic mass is 35.5. The molecular weight excluding hydrogens is 276 g/mol. The summed E-state index contributed by atoms with van der Waals surface area (Å²) in [6.07, 6.45) is 2.36. The number of benzene rings is 1. The van der Waals surface area contributed by atoms with Crippen molar-refractivity contribution in [3.63, 3.8) is 0 Å². The molecule has 1 aromatic rings. The van der Waals surface area contributed by atoms with E-state index in [1.807, 2.05) is 31.2 Å². The van der Waals surface area contributed by atoms with Crippen molar-refractivity contribution in [2.75, 3.05) is 20.2 Å². The number of ether oxygens (including phenoxy) is 1. The first-order valence-corrected chi connectivity index (χ1v) is 6.78. The molecule has 1 rings (SSSR count). The van der Waals surface area contributed by atoms with Crippen LogP contribution in [0.15, 0.2) is 24.3 Å². The molecule has 0 saturated heterocycles. The molecular formula is C15H25ClN2O2. The second-order valence-corrected chi connectivity index (χ2v) is 4.69. The van der Waals surface area contributed by atoms with Gasteiger partial charge in [-0.25, -0.2) is 0 Å². The molecule has 1 amide bonds. The van der Waals surface area contributed by atoms with Gasteiger partial charge in [0.15, 0.2) is 0 Å². The van der Waals surface area contributed by atoms with Gasteiger partial charge < -0.3 is 15.8 Å². The smallest absolute Gasteiger partial charge is 0.220 e. The van der Waals surface area contributed by atoms with Crippen LogP contribution in [0.3, 0.4) is 0 Å². The van der Waals surface area contributed by atoms with Crippen molar-refractivity contribution >= 4 is 18.3 Å². The van der Waals surface area contributed by atoms with Gasteiger partial charge in [-0.2, -0.15) is 0 Å². The SMILES string of the molecule is COc1ccccc1C(C)CC(=O)NCCCCN.Cl. The summed E-state index contributed by atoms with van der Waals surface area (Å²) in [5.41, 5.74) is 6.48. The third-order valence-electron chi connectivity index (χ3n) is 3.11. The molecule has 1 aromatic carbocycles. The predicted octanol–water partition coefficient (Wildman–Crippen LogP) is 2.47. The van der Waals surface area contributed by atoms with Gasteiger partial charge in [0, 0.05) is 13.0 Å². The number of methoxy groups -OCH3 is 1. The topological polar surface area (TPSA) is 64.3 Å². The summed E-state index contributed by atoms with van der Waals surface area (Å²) in [5.74, 6) is 1.06. The lowest BCUT2D eigenvalue weighted by Gasteiger charge is -2.15. The second-order valence-electron chi connectivity index (χ2n) is 4.69. The van der Waals surface area contributed by atoms with Crippen molar-refractivity contribution in [2.24, 2.45) is 5.73 Å². The molecule has 3 N–H and O–H groups in total. The fourth-order valence-electron chi connectivity index (χ4n) is 2.03. The highest BCUT2D eigenvalue weighted by Gasteiger charge is 2.14. The highest BCUT2D eigenvalue weighted by molar-refractivity contribution is 5.85. The Morgan fingerprint density at radius 3 is 2.70 bits per heavy atom.